The van der Waals surface area contributed by atoms with Crippen LogP contribution in [0.1, 0.15) is 41.5 Å². The molecule has 1 aromatic carbocycles. The van der Waals surface area contributed by atoms with E-state index in [-0.39, 0.29) is 23.2 Å². The van der Waals surface area contributed by atoms with Gasteiger partial charge in [-0.3, -0.25) is 4.79 Å². The number of carbonyl (C=O) groups excluding carboxylic acids is 1. The van der Waals surface area contributed by atoms with Gasteiger partial charge in [0.05, 0.1) is 38.8 Å². The summed E-state index contributed by atoms with van der Waals surface area (Å²) in [5, 5.41) is 19.1. The van der Waals surface area contributed by atoms with E-state index in [0.29, 0.717) is 28.5 Å². The standard InChI is InChI=1S/C18H22N8O5/c1-9(2)15-14(21-25-26(15)17-16(19)23-31-24-17)18(27)22-20-8-11-12(29-4)6-10(28-3)7-13(11)30-5/h6-9H,1-5H3,(H2,19,23)(H,22,27)/b20-8+. The molecule has 0 bridgehead atoms. The van der Waals surface area contributed by atoms with Crippen LogP contribution in [0.15, 0.2) is 21.9 Å². The number of nitrogens with zero attached hydrogens (tertiary/aromatic N) is 6. The highest BCUT2D eigenvalue weighted by atomic mass is 16.6. The number of nitrogen functional groups attached to an aromatic ring is 1. The van der Waals surface area contributed by atoms with E-state index in [2.05, 4.69) is 35.8 Å². The molecule has 3 rings (SSSR count). The van der Waals surface area contributed by atoms with Crippen LogP contribution in [0.2, 0.25) is 0 Å². The minimum atomic E-state index is -0.576. The van der Waals surface area contributed by atoms with Gasteiger partial charge in [-0.05, 0) is 16.2 Å². The summed E-state index contributed by atoms with van der Waals surface area (Å²) in [6, 6.07) is 3.34. The first-order valence-corrected chi connectivity index (χ1v) is 9.08. The smallest absolute Gasteiger partial charge is 0.293 e. The zero-order valence-electron chi connectivity index (χ0n) is 17.6. The summed E-state index contributed by atoms with van der Waals surface area (Å²) in [4.78, 5) is 12.7. The molecule has 0 saturated carbocycles. The lowest BCUT2D eigenvalue weighted by atomic mass is 10.1. The second kappa shape index (κ2) is 9.11. The van der Waals surface area contributed by atoms with Gasteiger partial charge in [-0.15, -0.1) is 5.10 Å². The topological polar surface area (TPSA) is 165 Å². The first-order valence-electron chi connectivity index (χ1n) is 9.08. The van der Waals surface area contributed by atoms with E-state index in [1.54, 1.807) is 12.1 Å². The molecule has 0 aliphatic heterocycles. The van der Waals surface area contributed by atoms with Crippen molar-refractivity contribution in [2.45, 2.75) is 19.8 Å². The third-order valence-electron chi connectivity index (χ3n) is 4.28. The maximum absolute atomic E-state index is 12.7. The van der Waals surface area contributed by atoms with Crippen molar-refractivity contribution in [2.75, 3.05) is 27.1 Å². The number of ether oxygens (including phenoxy) is 3. The molecule has 31 heavy (non-hydrogen) atoms. The Morgan fingerprint density at radius 3 is 2.39 bits per heavy atom. The minimum Gasteiger partial charge on any atom is -0.496 e. The quantitative estimate of drug-likeness (QED) is 0.391. The SMILES string of the molecule is COc1cc(OC)c(/C=N/NC(=O)c2nnn(-c3nonc3N)c2C(C)C)c(OC)c1. The number of benzene rings is 1. The number of hydrazone groups is 1. The molecule has 3 N–H and O–H groups in total. The maximum atomic E-state index is 12.7. The predicted molar refractivity (Wildman–Crippen MR) is 109 cm³/mol. The fourth-order valence-electron chi connectivity index (χ4n) is 2.83. The van der Waals surface area contributed by atoms with E-state index in [9.17, 15) is 4.79 Å². The molecule has 2 aromatic heterocycles. The van der Waals surface area contributed by atoms with Crippen molar-refractivity contribution in [1.82, 2.24) is 30.7 Å². The Kier molecular flexibility index (Phi) is 6.33. The molecule has 3 aromatic rings. The summed E-state index contributed by atoms with van der Waals surface area (Å²) in [6.45, 7) is 3.73. The molecule has 0 saturated heterocycles. The molecule has 13 heteroatoms. The molecule has 0 atom stereocenters. The highest BCUT2D eigenvalue weighted by Gasteiger charge is 2.25. The van der Waals surface area contributed by atoms with Gasteiger partial charge in [0.15, 0.2) is 5.69 Å². The number of amides is 1. The van der Waals surface area contributed by atoms with Crippen LogP contribution in [0.3, 0.4) is 0 Å². The molecule has 164 valence electrons. The van der Waals surface area contributed by atoms with Crippen LogP contribution >= 0.6 is 0 Å². The van der Waals surface area contributed by atoms with E-state index in [4.69, 9.17) is 19.9 Å². The van der Waals surface area contributed by atoms with Gasteiger partial charge in [-0.25, -0.2) is 10.1 Å². The van der Waals surface area contributed by atoms with Crippen LogP contribution in [0.5, 0.6) is 17.2 Å². The summed E-state index contributed by atoms with van der Waals surface area (Å²) in [5.41, 5.74) is 9.20. The summed E-state index contributed by atoms with van der Waals surface area (Å²) in [7, 11) is 4.54. The van der Waals surface area contributed by atoms with Gasteiger partial charge in [0, 0.05) is 12.1 Å². The Morgan fingerprint density at radius 1 is 1.19 bits per heavy atom. The van der Waals surface area contributed by atoms with Crippen molar-refractivity contribution in [1.29, 1.82) is 0 Å². The minimum absolute atomic E-state index is 0.0236. The number of methoxy groups -OCH3 is 3. The number of aromatic nitrogens is 5. The molecular weight excluding hydrogens is 408 g/mol. The number of anilines is 1. The lowest BCUT2D eigenvalue weighted by Gasteiger charge is -2.12. The molecule has 2 heterocycles. The van der Waals surface area contributed by atoms with Crippen LogP contribution in [0, 0.1) is 0 Å². The maximum Gasteiger partial charge on any atom is 0.293 e. The molecule has 0 aliphatic carbocycles. The number of hydrogen-bond acceptors (Lipinski definition) is 11. The third kappa shape index (κ3) is 4.24. The Labute approximate surface area is 177 Å². The zero-order valence-corrected chi connectivity index (χ0v) is 17.6. The van der Waals surface area contributed by atoms with Crippen molar-refractivity contribution in [3.05, 3.63) is 29.1 Å². The number of carbonyl (C=O) groups is 1. The predicted octanol–water partition coefficient (Wildman–Crippen LogP) is 1.15. The largest absolute Gasteiger partial charge is 0.496 e. The highest BCUT2D eigenvalue weighted by molar-refractivity contribution is 5.95. The monoisotopic (exact) mass is 430 g/mol. The molecule has 13 nitrogen and oxygen atoms in total. The molecule has 0 aliphatic rings. The molecule has 1 amide bonds. The van der Waals surface area contributed by atoms with Crippen LogP contribution in [-0.2, 0) is 0 Å². The number of hydrogen-bond donors (Lipinski definition) is 2. The van der Waals surface area contributed by atoms with Gasteiger partial charge < -0.3 is 19.9 Å². The Morgan fingerprint density at radius 2 is 1.87 bits per heavy atom. The first-order chi connectivity index (χ1) is 14.9. The Bertz CT molecular complexity index is 1080. The lowest BCUT2D eigenvalue weighted by Crippen LogP contribution is -2.21. The highest BCUT2D eigenvalue weighted by Crippen LogP contribution is 2.32. The Balaban J connectivity index is 1.88. The van der Waals surface area contributed by atoms with E-state index >= 15 is 0 Å². The number of nitrogens with two attached hydrogens (primary N) is 1. The Hall–Kier alpha value is -4.16. The summed E-state index contributed by atoms with van der Waals surface area (Å²) in [5.74, 6) is 0.913. The van der Waals surface area contributed by atoms with Crippen molar-refractivity contribution < 1.29 is 23.6 Å². The molecule has 0 spiro atoms. The third-order valence-corrected chi connectivity index (χ3v) is 4.28. The summed E-state index contributed by atoms with van der Waals surface area (Å²) >= 11 is 0. The van der Waals surface area contributed by atoms with Crippen LogP contribution in [0.25, 0.3) is 5.82 Å². The first kappa shape index (κ1) is 21.5. The second-order valence-corrected chi connectivity index (χ2v) is 6.51. The zero-order chi connectivity index (χ0) is 22.5. The molecule has 0 fully saturated rings. The van der Waals surface area contributed by atoms with Gasteiger partial charge in [-0.2, -0.15) is 9.78 Å². The van der Waals surface area contributed by atoms with Crippen LogP contribution in [0.4, 0.5) is 5.82 Å². The fourth-order valence-corrected chi connectivity index (χ4v) is 2.83. The van der Waals surface area contributed by atoms with E-state index in [1.165, 1.54) is 32.2 Å². The van der Waals surface area contributed by atoms with Crippen molar-refractivity contribution in [2.24, 2.45) is 5.10 Å². The average Bonchev–Trinajstić information content (AvgIpc) is 3.39. The normalized spacial score (nSPS) is 11.2. The molecule has 0 radical (unpaired) electrons. The average molecular weight is 430 g/mol. The summed E-state index contributed by atoms with van der Waals surface area (Å²) < 4.78 is 21.8. The van der Waals surface area contributed by atoms with Crippen molar-refractivity contribution >= 4 is 17.9 Å². The lowest BCUT2D eigenvalue weighted by molar-refractivity contribution is 0.0948. The molecule has 0 unspecified atom stereocenters. The summed E-state index contributed by atoms with van der Waals surface area (Å²) in [6.07, 6.45) is 1.40. The molecular formula is C18H22N8O5. The van der Waals surface area contributed by atoms with E-state index < -0.39 is 5.91 Å². The van der Waals surface area contributed by atoms with Gasteiger partial charge in [-0.1, -0.05) is 19.1 Å². The van der Waals surface area contributed by atoms with Gasteiger partial charge in [0.2, 0.25) is 11.6 Å². The number of rotatable bonds is 8. The van der Waals surface area contributed by atoms with Crippen LogP contribution < -0.4 is 25.4 Å². The van der Waals surface area contributed by atoms with E-state index in [0.717, 1.165) is 0 Å². The fraction of sp³-hybridized carbons (Fsp3) is 0.333. The van der Waals surface area contributed by atoms with Crippen molar-refractivity contribution in [3.63, 3.8) is 0 Å². The second-order valence-electron chi connectivity index (χ2n) is 6.51. The van der Waals surface area contributed by atoms with Gasteiger partial charge in [0.25, 0.3) is 5.91 Å². The van der Waals surface area contributed by atoms with Gasteiger partial charge in [0.1, 0.15) is 17.2 Å². The van der Waals surface area contributed by atoms with E-state index in [1.807, 2.05) is 13.8 Å². The van der Waals surface area contributed by atoms with Crippen molar-refractivity contribution in [3.8, 4) is 23.1 Å². The van der Waals surface area contributed by atoms with Crippen LogP contribution in [-0.4, -0.2) is 58.8 Å². The van der Waals surface area contributed by atoms with Gasteiger partial charge >= 0.3 is 0 Å². The number of nitrogens with one attached hydrogen (secondary N) is 1.